The Morgan fingerprint density at radius 3 is 2.48 bits per heavy atom. The molecule has 8 heteroatoms. The molecular weight excluding hydrogens is 438 g/mol. The average Bonchev–Trinajstić information content (AvgIpc) is 3.45. The van der Waals surface area contributed by atoms with E-state index in [0.29, 0.717) is 26.0 Å². The van der Waals surface area contributed by atoms with Gasteiger partial charge in [0.05, 0.1) is 30.3 Å². The molecule has 1 atom stereocenters. The number of nitrogens with zero attached hydrogens (tertiary/aromatic N) is 3. The average molecular weight is 472 g/mol. The highest BCUT2D eigenvalue weighted by Gasteiger charge is 2.35. The van der Waals surface area contributed by atoms with E-state index in [0.717, 1.165) is 21.9 Å². The van der Waals surface area contributed by atoms with E-state index in [1.165, 1.54) is 0 Å². The van der Waals surface area contributed by atoms with Crippen LogP contribution in [-0.2, 0) is 14.3 Å². The van der Waals surface area contributed by atoms with E-state index in [4.69, 9.17) is 14.6 Å². The Morgan fingerprint density at radius 1 is 1.18 bits per heavy atom. The van der Waals surface area contributed by atoms with Crippen LogP contribution in [0.3, 0.4) is 0 Å². The van der Waals surface area contributed by atoms with E-state index in [-0.39, 0.29) is 29.8 Å². The first-order valence-corrected chi connectivity index (χ1v) is 11.9. The Balaban J connectivity index is 1.85. The van der Waals surface area contributed by atoms with Gasteiger partial charge < -0.3 is 14.4 Å². The summed E-state index contributed by atoms with van der Waals surface area (Å²) in [6, 6.07) is 11.5. The number of carbonyl (C=O) groups is 2. The number of amides is 2. The molecule has 0 aliphatic carbocycles. The fraction of sp³-hybridized carbons (Fsp3) is 0.480. The van der Waals surface area contributed by atoms with Gasteiger partial charge in [-0.25, -0.2) is 5.01 Å². The number of thiophene rings is 1. The quantitative estimate of drug-likeness (QED) is 0.545. The van der Waals surface area contributed by atoms with E-state index in [2.05, 4.69) is 0 Å². The normalized spacial score (nSPS) is 16.0. The Labute approximate surface area is 200 Å². The molecule has 33 heavy (non-hydrogen) atoms. The van der Waals surface area contributed by atoms with Crippen molar-refractivity contribution >= 4 is 28.9 Å². The second-order valence-electron chi connectivity index (χ2n) is 9.30. The summed E-state index contributed by atoms with van der Waals surface area (Å²) in [5.41, 5.74) is 1.68. The van der Waals surface area contributed by atoms with Gasteiger partial charge in [-0.15, -0.1) is 11.3 Å². The van der Waals surface area contributed by atoms with E-state index < -0.39 is 0 Å². The van der Waals surface area contributed by atoms with Gasteiger partial charge in [-0.2, -0.15) is 5.10 Å². The molecule has 178 valence electrons. The monoisotopic (exact) mass is 471 g/mol. The zero-order chi connectivity index (χ0) is 24.0. The van der Waals surface area contributed by atoms with Crippen LogP contribution < -0.4 is 4.74 Å². The van der Waals surface area contributed by atoms with E-state index >= 15 is 0 Å². The maximum absolute atomic E-state index is 13.5. The van der Waals surface area contributed by atoms with Crippen LogP contribution >= 0.6 is 11.3 Å². The summed E-state index contributed by atoms with van der Waals surface area (Å²) >= 11 is 1.60. The summed E-state index contributed by atoms with van der Waals surface area (Å²) in [7, 11) is 3.22. The fourth-order valence-corrected chi connectivity index (χ4v) is 4.43. The summed E-state index contributed by atoms with van der Waals surface area (Å²) < 4.78 is 10.5. The fourth-order valence-electron chi connectivity index (χ4n) is 3.71. The number of rotatable bonds is 9. The summed E-state index contributed by atoms with van der Waals surface area (Å²) in [6.45, 7) is 6.73. The van der Waals surface area contributed by atoms with Gasteiger partial charge in [0.25, 0.3) is 5.91 Å². The Hall–Kier alpha value is -2.71. The SMILES string of the molecule is COCCN(CC(=O)N1N=C(c2cccs2)CC1c1ccc(OC)cc1)C(=O)CC(C)(C)C. The van der Waals surface area contributed by atoms with E-state index in [9.17, 15) is 9.59 Å². The highest BCUT2D eigenvalue weighted by molar-refractivity contribution is 7.12. The third kappa shape index (κ3) is 6.65. The van der Waals surface area contributed by atoms with Crippen molar-refractivity contribution in [2.45, 2.75) is 39.7 Å². The molecular formula is C25H33N3O4S. The summed E-state index contributed by atoms with van der Waals surface area (Å²) in [6.07, 6.45) is 0.974. The molecule has 1 aliphatic rings. The van der Waals surface area contributed by atoms with Gasteiger partial charge in [0, 0.05) is 26.5 Å². The predicted molar refractivity (Wildman–Crippen MR) is 131 cm³/mol. The van der Waals surface area contributed by atoms with Crippen molar-refractivity contribution in [2.75, 3.05) is 33.9 Å². The van der Waals surface area contributed by atoms with Crippen molar-refractivity contribution in [3.05, 3.63) is 52.2 Å². The zero-order valence-corrected chi connectivity index (χ0v) is 20.9. The maximum atomic E-state index is 13.5. The zero-order valence-electron chi connectivity index (χ0n) is 20.0. The molecule has 1 aliphatic heterocycles. The number of ether oxygens (including phenoxy) is 2. The van der Waals surface area contributed by atoms with Crippen molar-refractivity contribution in [3.63, 3.8) is 0 Å². The van der Waals surface area contributed by atoms with Crippen LogP contribution in [0.4, 0.5) is 0 Å². The molecule has 2 heterocycles. The molecule has 1 unspecified atom stereocenters. The van der Waals surface area contributed by atoms with Crippen molar-refractivity contribution < 1.29 is 19.1 Å². The van der Waals surface area contributed by atoms with Crippen molar-refractivity contribution in [3.8, 4) is 5.75 Å². The number of hydrazone groups is 1. The lowest BCUT2D eigenvalue weighted by Gasteiger charge is -2.29. The number of hydrogen-bond acceptors (Lipinski definition) is 6. The van der Waals surface area contributed by atoms with Crippen LogP contribution in [0.25, 0.3) is 0 Å². The van der Waals surface area contributed by atoms with Gasteiger partial charge in [0.2, 0.25) is 5.91 Å². The van der Waals surface area contributed by atoms with Crippen molar-refractivity contribution in [1.82, 2.24) is 9.91 Å². The molecule has 1 aromatic carbocycles. The Kier molecular flexibility index (Phi) is 8.26. The molecule has 0 saturated carbocycles. The number of hydrogen-bond donors (Lipinski definition) is 0. The largest absolute Gasteiger partial charge is 0.497 e. The molecule has 0 fully saturated rings. The smallest absolute Gasteiger partial charge is 0.262 e. The third-order valence-electron chi connectivity index (χ3n) is 5.40. The molecule has 0 saturated heterocycles. The van der Waals surface area contributed by atoms with Gasteiger partial charge >= 0.3 is 0 Å². The second-order valence-corrected chi connectivity index (χ2v) is 10.2. The second kappa shape index (κ2) is 10.9. The van der Waals surface area contributed by atoms with Crippen molar-refractivity contribution in [2.24, 2.45) is 10.5 Å². The van der Waals surface area contributed by atoms with Gasteiger partial charge in [-0.05, 0) is 34.6 Å². The van der Waals surface area contributed by atoms with E-state index in [1.807, 2.05) is 62.5 Å². The van der Waals surface area contributed by atoms with Crippen LogP contribution in [0.15, 0.2) is 46.9 Å². The Morgan fingerprint density at radius 2 is 1.91 bits per heavy atom. The van der Waals surface area contributed by atoms with Crippen LogP contribution in [0.5, 0.6) is 5.75 Å². The molecule has 0 spiro atoms. The molecule has 2 aromatic rings. The van der Waals surface area contributed by atoms with Gasteiger partial charge in [0.1, 0.15) is 12.3 Å². The van der Waals surface area contributed by atoms with Crippen molar-refractivity contribution in [1.29, 1.82) is 0 Å². The minimum absolute atomic E-state index is 0.0356. The molecule has 3 rings (SSSR count). The number of methoxy groups -OCH3 is 2. The van der Waals surface area contributed by atoms with E-state index in [1.54, 1.807) is 35.5 Å². The van der Waals surface area contributed by atoms with Crippen LogP contribution in [0.1, 0.15) is 50.1 Å². The first-order chi connectivity index (χ1) is 15.7. The lowest BCUT2D eigenvalue weighted by Crippen LogP contribution is -2.43. The van der Waals surface area contributed by atoms with Crippen LogP contribution in [0.2, 0.25) is 0 Å². The topological polar surface area (TPSA) is 71.4 Å². The van der Waals surface area contributed by atoms with Crippen LogP contribution in [-0.4, -0.2) is 61.4 Å². The number of carbonyl (C=O) groups excluding carboxylic acids is 2. The standard InChI is InChI=1S/C25H33N3O4S/c1-25(2,3)16-23(29)27(12-13-31-4)17-24(30)28-21(18-8-10-19(32-5)11-9-18)15-20(26-28)22-7-6-14-33-22/h6-11,14,21H,12-13,15-17H2,1-5H3. The van der Waals surface area contributed by atoms with Gasteiger partial charge in [0.15, 0.2) is 0 Å². The Bertz CT molecular complexity index is 965. The summed E-state index contributed by atoms with van der Waals surface area (Å²) in [5, 5.41) is 8.25. The third-order valence-corrected chi connectivity index (χ3v) is 6.32. The molecule has 2 amide bonds. The molecule has 0 radical (unpaired) electrons. The molecule has 0 N–H and O–H groups in total. The van der Waals surface area contributed by atoms with Gasteiger partial charge in [-0.1, -0.05) is 39.0 Å². The lowest BCUT2D eigenvalue weighted by atomic mass is 9.91. The lowest BCUT2D eigenvalue weighted by molar-refractivity contribution is -0.143. The number of benzene rings is 1. The minimum atomic E-state index is -0.234. The first kappa shape index (κ1) is 24.9. The maximum Gasteiger partial charge on any atom is 0.262 e. The minimum Gasteiger partial charge on any atom is -0.497 e. The highest BCUT2D eigenvalue weighted by atomic mass is 32.1. The molecule has 7 nitrogen and oxygen atoms in total. The van der Waals surface area contributed by atoms with Crippen LogP contribution in [0, 0.1) is 5.41 Å². The first-order valence-electron chi connectivity index (χ1n) is 11.1. The highest BCUT2D eigenvalue weighted by Crippen LogP contribution is 2.34. The molecule has 0 bridgehead atoms. The summed E-state index contributed by atoms with van der Waals surface area (Å²) in [4.78, 5) is 29.0. The van der Waals surface area contributed by atoms with Gasteiger partial charge in [-0.3, -0.25) is 9.59 Å². The molecule has 1 aromatic heterocycles. The summed E-state index contributed by atoms with van der Waals surface area (Å²) in [5.74, 6) is 0.490. The predicted octanol–water partition coefficient (Wildman–Crippen LogP) is 4.35.